The molecule has 0 saturated heterocycles. The van der Waals surface area contributed by atoms with Crippen molar-refractivity contribution < 1.29 is 13.2 Å². The maximum absolute atomic E-state index is 12.1. The molecule has 0 heterocycles. The van der Waals surface area contributed by atoms with Crippen LogP contribution in [0.1, 0.15) is 19.4 Å². The summed E-state index contributed by atoms with van der Waals surface area (Å²) in [7, 11) is -3.52. The first-order valence-corrected chi connectivity index (χ1v) is 10.4. The van der Waals surface area contributed by atoms with Crippen LogP contribution in [-0.2, 0) is 14.8 Å². The predicted octanol–water partition coefficient (Wildman–Crippen LogP) is 3.49. The Morgan fingerprint density at radius 1 is 1.08 bits per heavy atom. The fraction of sp³-hybridized carbons (Fsp3) is 0.278. The van der Waals surface area contributed by atoms with E-state index in [-0.39, 0.29) is 23.4 Å². The average Bonchev–Trinajstić information content (AvgIpc) is 2.55. The van der Waals surface area contributed by atoms with Gasteiger partial charge in [0.15, 0.2) is 0 Å². The lowest BCUT2D eigenvalue weighted by Gasteiger charge is -2.11. The van der Waals surface area contributed by atoms with E-state index >= 15 is 0 Å². The summed E-state index contributed by atoms with van der Waals surface area (Å²) < 4.78 is 27.7. The Kier molecular flexibility index (Phi) is 6.80. The van der Waals surface area contributed by atoms with Crippen molar-refractivity contribution in [2.24, 2.45) is 0 Å². The Morgan fingerprint density at radius 3 is 2.27 bits per heavy atom. The Labute approximate surface area is 162 Å². The Bertz CT molecular complexity index is 881. The largest absolute Gasteiger partial charge is 0.376 e. The van der Waals surface area contributed by atoms with E-state index in [4.69, 9.17) is 0 Å². The lowest BCUT2D eigenvalue weighted by Crippen LogP contribution is -2.30. The summed E-state index contributed by atoms with van der Waals surface area (Å²) in [5.74, 6) is -0.190. The van der Waals surface area contributed by atoms with Gasteiger partial charge in [-0.2, -0.15) is 0 Å². The second kappa shape index (κ2) is 8.66. The summed E-state index contributed by atoms with van der Waals surface area (Å²) in [5, 5.41) is 5.78. The molecule has 0 aliphatic rings. The van der Waals surface area contributed by atoms with Crippen molar-refractivity contribution >= 4 is 43.2 Å². The highest BCUT2D eigenvalue weighted by Gasteiger charge is 2.14. The third kappa shape index (κ3) is 5.82. The minimum atomic E-state index is -3.52. The molecule has 8 heteroatoms. The van der Waals surface area contributed by atoms with E-state index in [1.165, 1.54) is 12.1 Å². The molecular weight excluding hydrogens is 418 g/mol. The van der Waals surface area contributed by atoms with Gasteiger partial charge in [-0.05, 0) is 68.8 Å². The van der Waals surface area contributed by atoms with E-state index in [1.807, 2.05) is 25.1 Å². The van der Waals surface area contributed by atoms with Crippen molar-refractivity contribution in [3.63, 3.8) is 0 Å². The molecule has 0 unspecified atom stereocenters. The molecular formula is C18H22BrN3O3S. The van der Waals surface area contributed by atoms with Gasteiger partial charge in [0.2, 0.25) is 15.9 Å². The standard InChI is InChI=1S/C18H22BrN3O3S/c1-12(2)22-26(24,25)16-7-4-14(5-8-16)20-11-18(23)21-15-6-9-17(19)13(3)10-15/h4-10,12,20,22H,11H2,1-3H3,(H,21,23). The molecule has 0 aliphatic heterocycles. The summed E-state index contributed by atoms with van der Waals surface area (Å²) in [6.45, 7) is 5.55. The Hall–Kier alpha value is -1.90. The predicted molar refractivity (Wildman–Crippen MR) is 108 cm³/mol. The molecule has 2 aromatic rings. The van der Waals surface area contributed by atoms with Gasteiger partial charge in [0.05, 0.1) is 11.4 Å². The van der Waals surface area contributed by atoms with Crippen LogP contribution in [0.3, 0.4) is 0 Å². The van der Waals surface area contributed by atoms with Gasteiger partial charge in [0.1, 0.15) is 0 Å². The molecule has 6 nitrogen and oxygen atoms in total. The third-order valence-electron chi connectivity index (χ3n) is 3.45. The minimum absolute atomic E-state index is 0.0749. The molecule has 0 bridgehead atoms. The number of sulfonamides is 1. The minimum Gasteiger partial charge on any atom is -0.376 e. The summed E-state index contributed by atoms with van der Waals surface area (Å²) in [5.41, 5.74) is 2.41. The van der Waals surface area contributed by atoms with Crippen LogP contribution in [-0.4, -0.2) is 26.9 Å². The molecule has 26 heavy (non-hydrogen) atoms. The highest BCUT2D eigenvalue weighted by molar-refractivity contribution is 9.10. The summed E-state index contributed by atoms with van der Waals surface area (Å²) in [4.78, 5) is 12.2. The van der Waals surface area contributed by atoms with Gasteiger partial charge >= 0.3 is 0 Å². The van der Waals surface area contributed by atoms with E-state index in [1.54, 1.807) is 26.0 Å². The second-order valence-corrected chi connectivity index (χ2v) is 8.73. The molecule has 0 aromatic heterocycles. The van der Waals surface area contributed by atoms with Gasteiger partial charge in [-0.3, -0.25) is 4.79 Å². The van der Waals surface area contributed by atoms with Crippen LogP contribution in [0.15, 0.2) is 51.8 Å². The Morgan fingerprint density at radius 2 is 1.69 bits per heavy atom. The number of amides is 1. The van der Waals surface area contributed by atoms with E-state index in [2.05, 4.69) is 31.3 Å². The molecule has 0 spiro atoms. The molecule has 0 atom stereocenters. The molecule has 0 radical (unpaired) electrons. The zero-order valence-electron chi connectivity index (χ0n) is 14.8. The maximum atomic E-state index is 12.1. The van der Waals surface area contributed by atoms with Gasteiger partial charge < -0.3 is 10.6 Å². The van der Waals surface area contributed by atoms with Crippen molar-refractivity contribution in [1.82, 2.24) is 4.72 Å². The van der Waals surface area contributed by atoms with Crippen LogP contribution in [0, 0.1) is 6.92 Å². The van der Waals surface area contributed by atoms with Crippen molar-refractivity contribution in [3.8, 4) is 0 Å². The summed E-state index contributed by atoms with van der Waals surface area (Å²) in [6.07, 6.45) is 0. The quantitative estimate of drug-likeness (QED) is 0.615. The zero-order valence-corrected chi connectivity index (χ0v) is 17.2. The van der Waals surface area contributed by atoms with Crippen LogP contribution in [0.5, 0.6) is 0 Å². The van der Waals surface area contributed by atoms with Crippen molar-refractivity contribution in [3.05, 3.63) is 52.5 Å². The van der Waals surface area contributed by atoms with E-state index in [9.17, 15) is 13.2 Å². The number of rotatable bonds is 7. The number of hydrogen-bond donors (Lipinski definition) is 3. The molecule has 0 saturated carbocycles. The van der Waals surface area contributed by atoms with Crippen molar-refractivity contribution in [2.75, 3.05) is 17.2 Å². The average molecular weight is 440 g/mol. The topological polar surface area (TPSA) is 87.3 Å². The molecule has 0 aliphatic carbocycles. The molecule has 1 amide bonds. The highest BCUT2D eigenvalue weighted by atomic mass is 79.9. The lowest BCUT2D eigenvalue weighted by molar-refractivity contribution is -0.114. The van der Waals surface area contributed by atoms with Gasteiger partial charge in [-0.25, -0.2) is 13.1 Å². The Balaban J connectivity index is 1.93. The fourth-order valence-corrected chi connectivity index (χ4v) is 3.74. The number of aryl methyl sites for hydroxylation is 1. The van der Waals surface area contributed by atoms with Crippen LogP contribution < -0.4 is 15.4 Å². The number of carbonyl (C=O) groups excluding carboxylic acids is 1. The van der Waals surface area contributed by atoms with E-state index < -0.39 is 10.0 Å². The number of halogens is 1. The first kappa shape index (κ1) is 20.4. The van der Waals surface area contributed by atoms with Crippen LogP contribution in [0.2, 0.25) is 0 Å². The molecule has 140 valence electrons. The van der Waals surface area contributed by atoms with Crippen LogP contribution in [0.4, 0.5) is 11.4 Å². The van der Waals surface area contributed by atoms with Crippen molar-refractivity contribution in [2.45, 2.75) is 31.7 Å². The van der Waals surface area contributed by atoms with E-state index in [0.29, 0.717) is 5.69 Å². The molecule has 3 N–H and O–H groups in total. The smallest absolute Gasteiger partial charge is 0.243 e. The monoisotopic (exact) mass is 439 g/mol. The first-order chi connectivity index (χ1) is 12.2. The molecule has 2 rings (SSSR count). The number of nitrogens with one attached hydrogen (secondary N) is 3. The van der Waals surface area contributed by atoms with Gasteiger partial charge in [-0.15, -0.1) is 0 Å². The van der Waals surface area contributed by atoms with Crippen LogP contribution >= 0.6 is 15.9 Å². The van der Waals surface area contributed by atoms with Gasteiger partial charge in [-0.1, -0.05) is 15.9 Å². The summed E-state index contributed by atoms with van der Waals surface area (Å²) >= 11 is 3.42. The van der Waals surface area contributed by atoms with Gasteiger partial charge in [0.25, 0.3) is 0 Å². The lowest BCUT2D eigenvalue weighted by atomic mass is 10.2. The number of benzene rings is 2. The second-order valence-electron chi connectivity index (χ2n) is 6.17. The number of anilines is 2. The summed E-state index contributed by atoms with van der Waals surface area (Å²) in [6, 6.07) is 11.7. The molecule has 2 aromatic carbocycles. The highest BCUT2D eigenvalue weighted by Crippen LogP contribution is 2.20. The molecule has 0 fully saturated rings. The van der Waals surface area contributed by atoms with Crippen molar-refractivity contribution in [1.29, 1.82) is 0 Å². The zero-order chi connectivity index (χ0) is 19.3. The maximum Gasteiger partial charge on any atom is 0.243 e. The fourth-order valence-electron chi connectivity index (χ4n) is 2.24. The number of carbonyl (C=O) groups is 1. The number of hydrogen-bond acceptors (Lipinski definition) is 4. The first-order valence-electron chi connectivity index (χ1n) is 8.09. The SMILES string of the molecule is Cc1cc(NC(=O)CNc2ccc(S(=O)(=O)NC(C)C)cc2)ccc1Br. The normalized spacial score (nSPS) is 11.4. The third-order valence-corrected chi connectivity index (χ3v) is 6.01. The van der Waals surface area contributed by atoms with E-state index in [0.717, 1.165) is 15.7 Å². The van der Waals surface area contributed by atoms with Gasteiger partial charge in [0, 0.05) is 21.9 Å². The van der Waals surface area contributed by atoms with Crippen LogP contribution in [0.25, 0.3) is 0 Å².